The summed E-state index contributed by atoms with van der Waals surface area (Å²) in [4.78, 5) is 18.4. The third kappa shape index (κ3) is 3.66. The zero-order valence-electron chi connectivity index (χ0n) is 14.8. The van der Waals surface area contributed by atoms with Gasteiger partial charge < -0.3 is 14.7 Å². The van der Waals surface area contributed by atoms with Crippen LogP contribution in [-0.2, 0) is 10.3 Å². The summed E-state index contributed by atoms with van der Waals surface area (Å²) in [7, 11) is 0. The number of amides is 1. The second-order valence-electron chi connectivity index (χ2n) is 7.21. The highest BCUT2D eigenvalue weighted by Crippen LogP contribution is 2.27. The van der Waals surface area contributed by atoms with Crippen molar-refractivity contribution >= 4 is 5.91 Å². The number of benzene rings is 1. The van der Waals surface area contributed by atoms with Gasteiger partial charge in [-0.25, -0.2) is 9.67 Å². The largest absolute Gasteiger partial charge is 0.491 e. The first kappa shape index (κ1) is 17.4. The van der Waals surface area contributed by atoms with Crippen LogP contribution < -0.4 is 4.74 Å². The molecule has 1 atom stereocenters. The minimum atomic E-state index is -1.04. The molecule has 1 saturated heterocycles. The van der Waals surface area contributed by atoms with Gasteiger partial charge in [-0.15, -0.1) is 0 Å². The van der Waals surface area contributed by atoms with Crippen LogP contribution in [0, 0.1) is 6.92 Å². The van der Waals surface area contributed by atoms with Crippen molar-refractivity contribution in [3.63, 3.8) is 0 Å². The Kier molecular flexibility index (Phi) is 4.51. The van der Waals surface area contributed by atoms with Crippen molar-refractivity contribution in [3.8, 4) is 5.75 Å². The number of hydrogen-bond donors (Lipinski definition) is 1. The second kappa shape index (κ2) is 6.48. The maximum atomic E-state index is 12.9. The van der Waals surface area contributed by atoms with E-state index >= 15 is 0 Å². The number of carbonyl (C=O) groups is 1. The minimum Gasteiger partial charge on any atom is -0.491 e. The molecule has 0 saturated carbocycles. The van der Waals surface area contributed by atoms with Gasteiger partial charge in [-0.2, -0.15) is 5.10 Å². The molecular weight excluding hydrogens is 320 g/mol. The Labute approximate surface area is 147 Å². The Morgan fingerprint density at radius 3 is 2.92 bits per heavy atom. The third-order valence-electron chi connectivity index (χ3n) is 4.63. The Morgan fingerprint density at radius 2 is 2.24 bits per heavy atom. The van der Waals surface area contributed by atoms with Gasteiger partial charge in [0.15, 0.2) is 0 Å². The topological polar surface area (TPSA) is 80.5 Å². The molecule has 1 N–H and O–H groups in total. The molecule has 134 valence electrons. The van der Waals surface area contributed by atoms with E-state index in [-0.39, 0.29) is 19.1 Å². The highest BCUT2D eigenvalue weighted by Gasteiger charge is 2.43. The lowest BCUT2D eigenvalue weighted by atomic mass is 10.0. The number of β-amino-alcohol motifs (C(OH)–C–C–N with tert-alkyl or cyclic N) is 1. The minimum absolute atomic E-state index is 0.0931. The van der Waals surface area contributed by atoms with Gasteiger partial charge in [0, 0.05) is 6.54 Å². The summed E-state index contributed by atoms with van der Waals surface area (Å²) < 4.78 is 7.28. The van der Waals surface area contributed by atoms with Crippen molar-refractivity contribution in [2.75, 3.05) is 19.7 Å². The van der Waals surface area contributed by atoms with E-state index in [0.29, 0.717) is 13.0 Å². The SMILES string of the molecule is Cc1cccc(OC[C@@]2(O)CCN(C(=O)C(C)(C)n3cncn3)C2)c1. The van der Waals surface area contributed by atoms with Crippen LogP contribution in [0.2, 0.25) is 0 Å². The van der Waals surface area contributed by atoms with Gasteiger partial charge in [0.25, 0.3) is 0 Å². The fraction of sp³-hybridized carbons (Fsp3) is 0.500. The molecule has 2 heterocycles. The van der Waals surface area contributed by atoms with Gasteiger partial charge in [0.2, 0.25) is 5.91 Å². The molecule has 1 aromatic carbocycles. The summed E-state index contributed by atoms with van der Waals surface area (Å²) in [5.74, 6) is 0.630. The van der Waals surface area contributed by atoms with Crippen LogP contribution in [0.25, 0.3) is 0 Å². The molecule has 1 aliphatic rings. The van der Waals surface area contributed by atoms with Crippen LogP contribution in [0.15, 0.2) is 36.9 Å². The predicted octanol–water partition coefficient (Wildman–Crippen LogP) is 1.36. The van der Waals surface area contributed by atoms with Crippen molar-refractivity contribution < 1.29 is 14.6 Å². The van der Waals surface area contributed by atoms with Crippen molar-refractivity contribution in [1.29, 1.82) is 0 Å². The third-order valence-corrected chi connectivity index (χ3v) is 4.63. The monoisotopic (exact) mass is 344 g/mol. The molecule has 1 fully saturated rings. The van der Waals surface area contributed by atoms with Crippen molar-refractivity contribution in [1.82, 2.24) is 19.7 Å². The summed E-state index contributed by atoms with van der Waals surface area (Å²) in [6.07, 6.45) is 3.42. The maximum Gasteiger partial charge on any atom is 0.250 e. The molecule has 0 bridgehead atoms. The predicted molar refractivity (Wildman–Crippen MR) is 92.2 cm³/mol. The van der Waals surface area contributed by atoms with Crippen molar-refractivity contribution in [2.24, 2.45) is 0 Å². The number of aromatic nitrogens is 3. The quantitative estimate of drug-likeness (QED) is 0.886. The smallest absolute Gasteiger partial charge is 0.250 e. The molecule has 2 aromatic rings. The Hall–Kier alpha value is -2.41. The average molecular weight is 344 g/mol. The summed E-state index contributed by atoms with van der Waals surface area (Å²) >= 11 is 0. The average Bonchev–Trinajstić information content (AvgIpc) is 3.23. The number of aryl methyl sites for hydroxylation is 1. The number of nitrogens with zero attached hydrogens (tertiary/aromatic N) is 4. The molecule has 1 aromatic heterocycles. The van der Waals surface area contributed by atoms with Crippen LogP contribution in [0.4, 0.5) is 0 Å². The number of aliphatic hydroxyl groups is 1. The van der Waals surface area contributed by atoms with Crippen LogP contribution in [0.5, 0.6) is 5.75 Å². The van der Waals surface area contributed by atoms with E-state index in [1.165, 1.54) is 17.3 Å². The maximum absolute atomic E-state index is 12.9. The standard InChI is InChI=1S/C18H24N4O3/c1-14-5-4-6-15(9-14)25-11-18(24)7-8-21(10-18)16(23)17(2,3)22-13-19-12-20-22/h4-6,9,12-13,24H,7-8,10-11H2,1-3H3/t18-/m1/s1. The first-order chi connectivity index (χ1) is 11.8. The molecule has 3 rings (SSSR count). The van der Waals surface area contributed by atoms with E-state index in [1.54, 1.807) is 18.7 Å². The van der Waals surface area contributed by atoms with Crippen LogP contribution in [0.1, 0.15) is 25.8 Å². The van der Waals surface area contributed by atoms with Crippen LogP contribution in [-0.4, -0.2) is 56.0 Å². The zero-order valence-corrected chi connectivity index (χ0v) is 14.8. The highest BCUT2D eigenvalue weighted by molar-refractivity contribution is 5.84. The molecule has 7 nitrogen and oxygen atoms in total. The Balaban J connectivity index is 1.63. The van der Waals surface area contributed by atoms with E-state index in [1.807, 2.05) is 31.2 Å². The number of likely N-dealkylation sites (tertiary alicyclic amines) is 1. The normalized spacial score (nSPS) is 20.7. The first-order valence-electron chi connectivity index (χ1n) is 8.37. The molecule has 1 amide bonds. The number of hydrogen-bond acceptors (Lipinski definition) is 5. The first-order valence-corrected chi connectivity index (χ1v) is 8.37. The van der Waals surface area contributed by atoms with E-state index in [0.717, 1.165) is 11.3 Å². The van der Waals surface area contributed by atoms with Crippen molar-refractivity contribution in [3.05, 3.63) is 42.5 Å². The molecule has 1 aliphatic heterocycles. The summed E-state index contributed by atoms with van der Waals surface area (Å²) in [5.41, 5.74) is -0.793. The molecule has 0 aliphatic carbocycles. The van der Waals surface area contributed by atoms with Crippen LogP contribution >= 0.6 is 0 Å². The lowest BCUT2D eigenvalue weighted by Gasteiger charge is -2.30. The fourth-order valence-corrected chi connectivity index (χ4v) is 3.05. The zero-order chi connectivity index (χ0) is 18.1. The van der Waals surface area contributed by atoms with E-state index in [4.69, 9.17) is 4.74 Å². The second-order valence-corrected chi connectivity index (χ2v) is 7.21. The summed E-state index contributed by atoms with van der Waals surface area (Å²) in [6, 6.07) is 7.70. The summed E-state index contributed by atoms with van der Waals surface area (Å²) in [5, 5.41) is 14.9. The lowest BCUT2D eigenvalue weighted by Crippen LogP contribution is -2.48. The molecule has 0 spiro atoms. The van der Waals surface area contributed by atoms with E-state index in [9.17, 15) is 9.90 Å². The number of carbonyl (C=O) groups excluding carboxylic acids is 1. The molecule has 25 heavy (non-hydrogen) atoms. The van der Waals surface area contributed by atoms with Gasteiger partial charge >= 0.3 is 0 Å². The molecule has 0 radical (unpaired) electrons. The number of rotatable bonds is 5. The van der Waals surface area contributed by atoms with Crippen molar-refractivity contribution in [2.45, 2.75) is 38.3 Å². The van der Waals surface area contributed by atoms with E-state index < -0.39 is 11.1 Å². The number of ether oxygens (including phenoxy) is 1. The van der Waals surface area contributed by atoms with Gasteiger partial charge in [-0.05, 0) is 44.9 Å². The highest BCUT2D eigenvalue weighted by atomic mass is 16.5. The van der Waals surface area contributed by atoms with Gasteiger partial charge in [0.1, 0.15) is 36.2 Å². The lowest BCUT2D eigenvalue weighted by molar-refractivity contribution is -0.139. The van der Waals surface area contributed by atoms with Gasteiger partial charge in [-0.1, -0.05) is 12.1 Å². The van der Waals surface area contributed by atoms with Gasteiger partial charge in [-0.3, -0.25) is 4.79 Å². The Morgan fingerprint density at radius 1 is 1.44 bits per heavy atom. The van der Waals surface area contributed by atoms with Gasteiger partial charge in [0.05, 0.1) is 6.54 Å². The summed E-state index contributed by atoms with van der Waals surface area (Å²) in [6.45, 7) is 6.48. The fourth-order valence-electron chi connectivity index (χ4n) is 3.05. The molecular formula is C18H24N4O3. The molecule has 0 unspecified atom stereocenters. The molecule has 7 heteroatoms. The Bertz CT molecular complexity index is 745. The van der Waals surface area contributed by atoms with Crippen LogP contribution in [0.3, 0.4) is 0 Å². The van der Waals surface area contributed by atoms with E-state index in [2.05, 4.69) is 10.1 Å².